The highest BCUT2D eigenvalue weighted by Crippen LogP contribution is 2.27. The zero-order valence-corrected chi connectivity index (χ0v) is 12.3. The van der Waals surface area contributed by atoms with Crippen LogP contribution in [0.15, 0.2) is 0 Å². The molecule has 5 nitrogen and oxygen atoms in total. The summed E-state index contributed by atoms with van der Waals surface area (Å²) in [4.78, 5) is 18.5. The molecule has 1 aliphatic rings. The van der Waals surface area contributed by atoms with Crippen LogP contribution in [-0.2, 0) is 0 Å². The van der Waals surface area contributed by atoms with Crippen LogP contribution in [0.1, 0.15) is 68.8 Å². The van der Waals surface area contributed by atoms with Crippen molar-refractivity contribution in [3.8, 4) is 0 Å². The van der Waals surface area contributed by atoms with Crippen LogP contribution in [0.2, 0.25) is 0 Å². The third-order valence-corrected chi connectivity index (χ3v) is 4.02. The van der Waals surface area contributed by atoms with E-state index in [1.165, 1.54) is 12.8 Å². The van der Waals surface area contributed by atoms with Crippen molar-refractivity contribution < 1.29 is 4.79 Å². The standard InChI is InChI=1S/C14H24N4O/c1-9(2)12-15-13(17-16-12)14(19)18(4)11-7-5-6-10(3)8-11/h9-11H,5-8H2,1-4H3,(H,15,16,17). The summed E-state index contributed by atoms with van der Waals surface area (Å²) in [6.45, 7) is 6.32. The Morgan fingerprint density at radius 2 is 2.16 bits per heavy atom. The molecule has 106 valence electrons. The first-order valence-corrected chi connectivity index (χ1v) is 7.18. The van der Waals surface area contributed by atoms with Gasteiger partial charge < -0.3 is 4.90 Å². The lowest BCUT2D eigenvalue weighted by molar-refractivity contribution is 0.0660. The highest BCUT2D eigenvalue weighted by atomic mass is 16.2. The van der Waals surface area contributed by atoms with Crippen LogP contribution in [0.25, 0.3) is 0 Å². The highest BCUT2D eigenvalue weighted by Gasteiger charge is 2.28. The number of carbonyl (C=O) groups is 1. The first-order valence-electron chi connectivity index (χ1n) is 7.18. The molecule has 1 fully saturated rings. The molecular weight excluding hydrogens is 240 g/mol. The molecule has 0 aliphatic heterocycles. The van der Waals surface area contributed by atoms with Gasteiger partial charge in [-0.25, -0.2) is 4.98 Å². The van der Waals surface area contributed by atoms with E-state index >= 15 is 0 Å². The minimum absolute atomic E-state index is 0.0674. The number of aromatic amines is 1. The molecule has 0 spiro atoms. The van der Waals surface area contributed by atoms with E-state index in [4.69, 9.17) is 0 Å². The van der Waals surface area contributed by atoms with Gasteiger partial charge in [0.2, 0.25) is 5.82 Å². The molecule has 1 aromatic rings. The van der Waals surface area contributed by atoms with Crippen molar-refractivity contribution in [1.82, 2.24) is 20.1 Å². The molecule has 19 heavy (non-hydrogen) atoms. The van der Waals surface area contributed by atoms with Crippen molar-refractivity contribution in [2.24, 2.45) is 5.92 Å². The summed E-state index contributed by atoms with van der Waals surface area (Å²) in [7, 11) is 1.87. The van der Waals surface area contributed by atoms with Crippen molar-refractivity contribution in [3.05, 3.63) is 11.6 Å². The number of nitrogens with one attached hydrogen (secondary N) is 1. The summed E-state index contributed by atoms with van der Waals surface area (Å²) in [6.07, 6.45) is 4.66. The Labute approximate surface area is 114 Å². The second-order valence-corrected chi connectivity index (χ2v) is 6.04. The lowest BCUT2D eigenvalue weighted by Crippen LogP contribution is -2.40. The highest BCUT2D eigenvalue weighted by molar-refractivity contribution is 5.90. The molecule has 5 heteroatoms. The molecule has 2 rings (SSSR count). The van der Waals surface area contributed by atoms with Gasteiger partial charge in [0, 0.05) is 19.0 Å². The van der Waals surface area contributed by atoms with Gasteiger partial charge in [0.05, 0.1) is 0 Å². The normalized spacial score (nSPS) is 23.6. The minimum Gasteiger partial charge on any atom is -0.336 e. The molecule has 1 N–H and O–H groups in total. The van der Waals surface area contributed by atoms with Gasteiger partial charge in [0.15, 0.2) is 0 Å². The van der Waals surface area contributed by atoms with Gasteiger partial charge in [-0.05, 0) is 18.8 Å². The largest absolute Gasteiger partial charge is 0.336 e. The van der Waals surface area contributed by atoms with E-state index in [1.54, 1.807) is 0 Å². The smallest absolute Gasteiger partial charge is 0.293 e. The lowest BCUT2D eigenvalue weighted by atomic mass is 9.86. The third-order valence-electron chi connectivity index (χ3n) is 4.02. The molecule has 2 atom stereocenters. The molecule has 1 heterocycles. The van der Waals surface area contributed by atoms with E-state index in [1.807, 2.05) is 25.8 Å². The van der Waals surface area contributed by atoms with Crippen LogP contribution in [0.5, 0.6) is 0 Å². The average Bonchev–Trinajstić information content (AvgIpc) is 2.86. The monoisotopic (exact) mass is 264 g/mol. The summed E-state index contributed by atoms with van der Waals surface area (Å²) < 4.78 is 0. The predicted molar refractivity (Wildman–Crippen MR) is 74.0 cm³/mol. The number of nitrogens with zero attached hydrogens (tertiary/aromatic N) is 3. The van der Waals surface area contributed by atoms with Gasteiger partial charge in [-0.3, -0.25) is 9.89 Å². The SMILES string of the molecule is CC1CCCC(N(C)C(=O)c2n[nH]c(C(C)C)n2)C1. The van der Waals surface area contributed by atoms with Crippen molar-refractivity contribution in [2.75, 3.05) is 7.05 Å². The average molecular weight is 264 g/mol. The Morgan fingerprint density at radius 1 is 1.42 bits per heavy atom. The minimum atomic E-state index is -0.0674. The topological polar surface area (TPSA) is 61.9 Å². The van der Waals surface area contributed by atoms with Crippen molar-refractivity contribution >= 4 is 5.91 Å². The number of H-pyrrole nitrogens is 1. The number of hydrogen-bond donors (Lipinski definition) is 1. The van der Waals surface area contributed by atoms with Crippen LogP contribution in [-0.4, -0.2) is 39.1 Å². The van der Waals surface area contributed by atoms with Crippen molar-refractivity contribution in [2.45, 2.75) is 58.4 Å². The summed E-state index contributed by atoms with van der Waals surface area (Å²) in [5, 5.41) is 6.89. The second kappa shape index (κ2) is 5.72. The van der Waals surface area contributed by atoms with Crippen LogP contribution in [0.3, 0.4) is 0 Å². The molecule has 0 saturated heterocycles. The van der Waals surface area contributed by atoms with Gasteiger partial charge in [-0.15, -0.1) is 5.10 Å². The van der Waals surface area contributed by atoms with Crippen molar-refractivity contribution in [1.29, 1.82) is 0 Å². The van der Waals surface area contributed by atoms with Gasteiger partial charge in [0.1, 0.15) is 5.82 Å². The van der Waals surface area contributed by atoms with Crippen molar-refractivity contribution in [3.63, 3.8) is 0 Å². The first kappa shape index (κ1) is 14.0. The quantitative estimate of drug-likeness (QED) is 0.912. The van der Waals surface area contributed by atoms with E-state index in [0.717, 1.165) is 18.7 Å². The Kier molecular flexibility index (Phi) is 4.22. The molecule has 1 aliphatic carbocycles. The maximum absolute atomic E-state index is 12.4. The zero-order chi connectivity index (χ0) is 14.0. The fourth-order valence-electron chi connectivity index (χ4n) is 2.71. The molecule has 0 radical (unpaired) electrons. The fraction of sp³-hybridized carbons (Fsp3) is 0.786. The second-order valence-electron chi connectivity index (χ2n) is 6.04. The Hall–Kier alpha value is -1.39. The van der Waals surface area contributed by atoms with Crippen LogP contribution >= 0.6 is 0 Å². The predicted octanol–water partition coefficient (Wildman–Crippen LogP) is 2.58. The zero-order valence-electron chi connectivity index (χ0n) is 12.3. The Balaban J connectivity index is 2.05. The van der Waals surface area contributed by atoms with E-state index in [0.29, 0.717) is 17.8 Å². The molecule has 0 bridgehead atoms. The van der Waals surface area contributed by atoms with Crippen LogP contribution in [0, 0.1) is 5.92 Å². The summed E-state index contributed by atoms with van der Waals surface area (Å²) in [6, 6.07) is 0.331. The van der Waals surface area contributed by atoms with Gasteiger partial charge in [0.25, 0.3) is 5.91 Å². The number of aromatic nitrogens is 3. The maximum Gasteiger partial charge on any atom is 0.293 e. The molecule has 2 unspecified atom stereocenters. The van der Waals surface area contributed by atoms with Crippen LogP contribution in [0.4, 0.5) is 0 Å². The molecule has 1 aromatic heterocycles. The van der Waals surface area contributed by atoms with Crippen LogP contribution < -0.4 is 0 Å². The molecular formula is C14H24N4O. The van der Waals surface area contributed by atoms with E-state index in [-0.39, 0.29) is 11.8 Å². The Morgan fingerprint density at radius 3 is 2.74 bits per heavy atom. The lowest BCUT2D eigenvalue weighted by Gasteiger charge is -2.33. The Bertz CT molecular complexity index is 440. The number of carbonyl (C=O) groups excluding carboxylic acids is 1. The van der Waals surface area contributed by atoms with Gasteiger partial charge in [-0.1, -0.05) is 33.6 Å². The molecule has 1 amide bonds. The van der Waals surface area contributed by atoms with Gasteiger partial charge in [-0.2, -0.15) is 0 Å². The number of hydrogen-bond acceptors (Lipinski definition) is 3. The summed E-state index contributed by atoms with van der Waals surface area (Å²) >= 11 is 0. The molecule has 0 aromatic carbocycles. The summed E-state index contributed by atoms with van der Waals surface area (Å²) in [5.74, 6) is 1.96. The number of amides is 1. The maximum atomic E-state index is 12.4. The third kappa shape index (κ3) is 3.14. The first-order chi connectivity index (χ1) is 8.99. The van der Waals surface area contributed by atoms with E-state index < -0.39 is 0 Å². The molecule has 1 saturated carbocycles. The van der Waals surface area contributed by atoms with E-state index in [9.17, 15) is 4.79 Å². The summed E-state index contributed by atoms with van der Waals surface area (Å²) in [5.41, 5.74) is 0. The van der Waals surface area contributed by atoms with E-state index in [2.05, 4.69) is 22.1 Å². The fourth-order valence-corrected chi connectivity index (χ4v) is 2.71. The number of rotatable bonds is 3. The van der Waals surface area contributed by atoms with Gasteiger partial charge >= 0.3 is 0 Å².